The first-order valence-corrected chi connectivity index (χ1v) is 6.23. The molecule has 0 aliphatic carbocycles. The molecule has 0 aromatic carbocycles. The monoisotopic (exact) mass is 242 g/mol. The van der Waals surface area contributed by atoms with Gasteiger partial charge in [0.05, 0.1) is 5.54 Å². The van der Waals surface area contributed by atoms with E-state index in [2.05, 4.69) is 32.8 Å². The molecule has 0 N–H and O–H groups in total. The number of hydrogen-bond acceptors (Lipinski definition) is 3. The highest BCUT2D eigenvalue weighted by atomic mass is 16.6. The molecule has 0 aromatic heterocycles. The lowest BCUT2D eigenvalue weighted by atomic mass is 9.95. The predicted molar refractivity (Wildman–Crippen MR) is 69.1 cm³/mol. The summed E-state index contributed by atoms with van der Waals surface area (Å²) in [5.41, 5.74) is -0.602. The number of likely N-dealkylation sites (N-methyl/N-ethyl adjacent to an activating group) is 1. The third-order valence-electron chi connectivity index (χ3n) is 3.37. The van der Waals surface area contributed by atoms with Crippen LogP contribution in [0.2, 0.25) is 0 Å². The van der Waals surface area contributed by atoms with E-state index in [1.807, 2.05) is 25.7 Å². The molecule has 1 unspecified atom stereocenters. The highest BCUT2D eigenvalue weighted by Crippen LogP contribution is 2.32. The summed E-state index contributed by atoms with van der Waals surface area (Å²) >= 11 is 0. The summed E-state index contributed by atoms with van der Waals surface area (Å²) in [7, 11) is 4.12. The maximum atomic E-state index is 12.1. The number of hydrogen-bond donors (Lipinski definition) is 0. The van der Waals surface area contributed by atoms with Crippen molar-refractivity contribution in [1.82, 2.24) is 9.80 Å². The van der Waals surface area contributed by atoms with Crippen molar-refractivity contribution in [2.24, 2.45) is 0 Å². The number of rotatable bonds is 1. The smallest absolute Gasteiger partial charge is 0.410 e. The molecule has 0 saturated carbocycles. The first-order valence-electron chi connectivity index (χ1n) is 6.23. The summed E-state index contributed by atoms with van der Waals surface area (Å²) in [6.45, 7) is 10.7. The van der Waals surface area contributed by atoms with Gasteiger partial charge in [-0.3, -0.25) is 0 Å². The van der Waals surface area contributed by atoms with Crippen LogP contribution in [-0.4, -0.2) is 53.7 Å². The normalized spacial score (nSPS) is 24.2. The van der Waals surface area contributed by atoms with Crippen LogP contribution in [0.25, 0.3) is 0 Å². The van der Waals surface area contributed by atoms with Crippen molar-refractivity contribution in [2.75, 3.05) is 20.6 Å². The zero-order valence-corrected chi connectivity index (χ0v) is 12.2. The van der Waals surface area contributed by atoms with Gasteiger partial charge in [-0.15, -0.1) is 0 Å². The molecule has 100 valence electrons. The summed E-state index contributed by atoms with van der Waals surface area (Å²) < 4.78 is 5.45. The fraction of sp³-hybridized carbons (Fsp3) is 0.923. The molecule has 1 fully saturated rings. The molecule has 1 aliphatic rings. The van der Waals surface area contributed by atoms with Gasteiger partial charge in [-0.05, 0) is 55.1 Å². The zero-order valence-electron chi connectivity index (χ0n) is 12.2. The van der Waals surface area contributed by atoms with Crippen LogP contribution >= 0.6 is 0 Å². The fourth-order valence-electron chi connectivity index (χ4n) is 2.61. The van der Waals surface area contributed by atoms with Gasteiger partial charge >= 0.3 is 6.09 Å². The van der Waals surface area contributed by atoms with Crippen LogP contribution in [0.1, 0.15) is 41.0 Å². The Kier molecular flexibility index (Phi) is 3.77. The summed E-state index contributed by atoms with van der Waals surface area (Å²) in [4.78, 5) is 16.2. The van der Waals surface area contributed by atoms with Crippen molar-refractivity contribution in [2.45, 2.75) is 58.2 Å². The Morgan fingerprint density at radius 2 is 1.88 bits per heavy atom. The van der Waals surface area contributed by atoms with E-state index in [4.69, 9.17) is 4.74 Å². The topological polar surface area (TPSA) is 32.8 Å². The molecule has 1 atom stereocenters. The van der Waals surface area contributed by atoms with Crippen molar-refractivity contribution >= 4 is 6.09 Å². The first-order chi connectivity index (χ1) is 7.55. The molecule has 1 amide bonds. The molecule has 0 bridgehead atoms. The van der Waals surface area contributed by atoms with Gasteiger partial charge in [0, 0.05) is 12.6 Å². The Bertz CT molecular complexity index is 292. The van der Waals surface area contributed by atoms with E-state index in [1.54, 1.807) is 0 Å². The van der Waals surface area contributed by atoms with Crippen molar-refractivity contribution < 1.29 is 9.53 Å². The minimum absolute atomic E-state index is 0.175. The molecular weight excluding hydrogens is 216 g/mol. The Labute approximate surface area is 105 Å². The minimum atomic E-state index is -0.427. The number of likely N-dealkylation sites (tertiary alicyclic amines) is 1. The third-order valence-corrected chi connectivity index (χ3v) is 3.37. The second-order valence-corrected chi connectivity index (χ2v) is 6.55. The quantitative estimate of drug-likeness (QED) is 0.707. The molecule has 1 heterocycles. The van der Waals surface area contributed by atoms with Gasteiger partial charge in [0.1, 0.15) is 5.60 Å². The fourth-order valence-corrected chi connectivity index (χ4v) is 2.61. The molecular formula is C13H26N2O2. The van der Waals surface area contributed by atoms with Gasteiger partial charge in [-0.1, -0.05) is 0 Å². The number of carbonyl (C=O) groups excluding carboxylic acids is 1. The van der Waals surface area contributed by atoms with Crippen LogP contribution < -0.4 is 0 Å². The second kappa shape index (κ2) is 4.48. The zero-order chi connectivity index (χ0) is 13.4. The van der Waals surface area contributed by atoms with Crippen LogP contribution in [0.3, 0.4) is 0 Å². The van der Waals surface area contributed by atoms with Crippen LogP contribution in [0.4, 0.5) is 4.79 Å². The Morgan fingerprint density at radius 3 is 2.24 bits per heavy atom. The lowest BCUT2D eigenvalue weighted by Crippen LogP contribution is -2.53. The van der Waals surface area contributed by atoms with E-state index in [-0.39, 0.29) is 11.6 Å². The van der Waals surface area contributed by atoms with E-state index in [0.29, 0.717) is 6.04 Å². The third kappa shape index (κ3) is 3.12. The Hall–Kier alpha value is -0.770. The van der Waals surface area contributed by atoms with E-state index >= 15 is 0 Å². The van der Waals surface area contributed by atoms with E-state index < -0.39 is 5.60 Å². The van der Waals surface area contributed by atoms with Crippen molar-refractivity contribution in [1.29, 1.82) is 0 Å². The van der Waals surface area contributed by atoms with Crippen molar-refractivity contribution in [3.63, 3.8) is 0 Å². The summed E-state index contributed by atoms with van der Waals surface area (Å²) in [6, 6.07) is 0.384. The Balaban J connectivity index is 2.77. The largest absolute Gasteiger partial charge is 0.444 e. The maximum Gasteiger partial charge on any atom is 0.410 e. The van der Waals surface area contributed by atoms with E-state index in [0.717, 1.165) is 13.0 Å². The molecule has 1 saturated heterocycles. The molecule has 0 aromatic rings. The molecule has 1 rings (SSSR count). The number of nitrogens with zero attached hydrogens (tertiary/aromatic N) is 2. The molecule has 0 radical (unpaired) electrons. The van der Waals surface area contributed by atoms with Crippen molar-refractivity contribution in [3.8, 4) is 0 Å². The lowest BCUT2D eigenvalue weighted by molar-refractivity contribution is 0.00681. The van der Waals surface area contributed by atoms with Gasteiger partial charge in [0.25, 0.3) is 0 Å². The van der Waals surface area contributed by atoms with Crippen LogP contribution in [-0.2, 0) is 4.74 Å². The van der Waals surface area contributed by atoms with Gasteiger partial charge in [0.2, 0.25) is 0 Å². The Morgan fingerprint density at radius 1 is 1.35 bits per heavy atom. The number of ether oxygens (including phenoxy) is 1. The number of amides is 1. The molecule has 4 nitrogen and oxygen atoms in total. The molecule has 4 heteroatoms. The summed E-state index contributed by atoms with van der Waals surface area (Å²) in [6.07, 6.45) is 0.797. The van der Waals surface area contributed by atoms with E-state index in [9.17, 15) is 4.79 Å². The predicted octanol–water partition coefficient (Wildman–Crippen LogP) is 2.34. The molecule has 0 spiro atoms. The highest BCUT2D eigenvalue weighted by Gasteiger charge is 2.46. The van der Waals surface area contributed by atoms with Crippen LogP contribution in [0, 0.1) is 0 Å². The minimum Gasteiger partial charge on any atom is -0.444 e. The molecule has 1 aliphatic heterocycles. The highest BCUT2D eigenvalue weighted by molar-refractivity contribution is 5.69. The number of carbonyl (C=O) groups is 1. The SMILES string of the molecule is CN(C)C1CCN(C(=O)OC(C)(C)C)C1(C)C. The van der Waals surface area contributed by atoms with Crippen LogP contribution in [0.15, 0.2) is 0 Å². The van der Waals surface area contributed by atoms with Gasteiger partial charge in [0.15, 0.2) is 0 Å². The average molecular weight is 242 g/mol. The van der Waals surface area contributed by atoms with Gasteiger partial charge < -0.3 is 14.5 Å². The first kappa shape index (κ1) is 14.3. The molecule has 17 heavy (non-hydrogen) atoms. The standard InChI is InChI=1S/C13H26N2O2/c1-12(2,3)17-11(16)15-9-8-10(14(6)7)13(15,4)5/h10H,8-9H2,1-7H3. The second-order valence-electron chi connectivity index (χ2n) is 6.55. The van der Waals surface area contributed by atoms with Gasteiger partial charge in [-0.2, -0.15) is 0 Å². The van der Waals surface area contributed by atoms with E-state index in [1.165, 1.54) is 0 Å². The average Bonchev–Trinajstić information content (AvgIpc) is 2.37. The maximum absolute atomic E-state index is 12.1. The lowest BCUT2D eigenvalue weighted by Gasteiger charge is -2.39. The summed E-state index contributed by atoms with van der Waals surface area (Å²) in [5, 5.41) is 0. The van der Waals surface area contributed by atoms with Gasteiger partial charge in [-0.25, -0.2) is 4.79 Å². The summed E-state index contributed by atoms with van der Waals surface area (Å²) in [5.74, 6) is 0. The van der Waals surface area contributed by atoms with Crippen LogP contribution in [0.5, 0.6) is 0 Å². The van der Waals surface area contributed by atoms with Crippen molar-refractivity contribution in [3.05, 3.63) is 0 Å².